The molecular weight excluding hydrogens is 488 g/mol. The molecule has 2 N–H and O–H groups in total. The maximum atomic E-state index is 12.9. The fraction of sp³-hybridized carbons (Fsp3) is 0.240. The normalized spacial score (nSPS) is 15.6. The van der Waals surface area contributed by atoms with Crippen LogP contribution in [-0.2, 0) is 10.0 Å². The van der Waals surface area contributed by atoms with E-state index in [2.05, 4.69) is 19.8 Å². The van der Waals surface area contributed by atoms with Gasteiger partial charge in [0.2, 0.25) is 10.0 Å². The Morgan fingerprint density at radius 2 is 1.47 bits per heavy atom. The van der Waals surface area contributed by atoms with Crippen LogP contribution in [0.25, 0.3) is 0 Å². The van der Waals surface area contributed by atoms with E-state index in [9.17, 15) is 8.42 Å². The molecule has 9 heteroatoms. The van der Waals surface area contributed by atoms with Gasteiger partial charge in [0.1, 0.15) is 0 Å². The summed E-state index contributed by atoms with van der Waals surface area (Å²) < 4.78 is 28.5. The summed E-state index contributed by atoms with van der Waals surface area (Å²) >= 11 is 11.5. The van der Waals surface area contributed by atoms with E-state index in [0.717, 1.165) is 37.4 Å². The zero-order valence-corrected chi connectivity index (χ0v) is 21.0. The Morgan fingerprint density at radius 3 is 2.09 bits per heavy atom. The highest BCUT2D eigenvalue weighted by Gasteiger charge is 2.27. The van der Waals surface area contributed by atoms with E-state index in [-0.39, 0.29) is 17.5 Å². The van der Waals surface area contributed by atoms with Crippen molar-refractivity contribution < 1.29 is 8.42 Å². The summed E-state index contributed by atoms with van der Waals surface area (Å²) in [5.74, 6) is 0. The van der Waals surface area contributed by atoms with Gasteiger partial charge >= 0.3 is 0 Å². The Labute approximate surface area is 211 Å². The van der Waals surface area contributed by atoms with Crippen LogP contribution in [0, 0.1) is 0 Å². The summed E-state index contributed by atoms with van der Waals surface area (Å²) in [6.07, 6.45) is 0. The minimum atomic E-state index is -3.65. The van der Waals surface area contributed by atoms with Crippen molar-refractivity contribution in [2.75, 3.05) is 38.0 Å². The highest BCUT2D eigenvalue weighted by molar-refractivity contribution is 7.89. The van der Waals surface area contributed by atoms with Crippen LogP contribution < -0.4 is 10.0 Å². The van der Waals surface area contributed by atoms with Crippen LogP contribution in [0.1, 0.15) is 11.6 Å². The van der Waals surface area contributed by atoms with Gasteiger partial charge in [-0.05, 0) is 54.2 Å². The van der Waals surface area contributed by atoms with Gasteiger partial charge in [0.15, 0.2) is 5.11 Å². The molecule has 0 bridgehead atoms. The van der Waals surface area contributed by atoms with Crippen molar-refractivity contribution in [2.45, 2.75) is 10.9 Å². The van der Waals surface area contributed by atoms with Gasteiger partial charge in [-0.1, -0.05) is 60.1 Å². The van der Waals surface area contributed by atoms with Crippen molar-refractivity contribution in [3.8, 4) is 0 Å². The molecule has 0 aromatic heterocycles. The number of nitrogens with zero attached hydrogens (tertiary/aromatic N) is 2. The van der Waals surface area contributed by atoms with E-state index >= 15 is 0 Å². The predicted octanol–water partition coefficient (Wildman–Crippen LogP) is 4.37. The molecule has 0 spiro atoms. The lowest BCUT2D eigenvalue weighted by atomic mass is 10.0. The standard InChI is InChI=1S/C25H27ClN4O2S2/c26-21-11-13-23(14-12-21)34(31,32)27-19-24(20-7-3-1-4-8-20)29-15-17-30(18-16-29)25(33)28-22-9-5-2-6-10-22/h1-14,24,27H,15-19H2,(H,28,33)/t24-/m1/s1. The average molecular weight is 515 g/mol. The summed E-state index contributed by atoms with van der Waals surface area (Å²) in [6.45, 7) is 3.30. The summed E-state index contributed by atoms with van der Waals surface area (Å²) in [7, 11) is -3.65. The van der Waals surface area contributed by atoms with Gasteiger partial charge < -0.3 is 10.2 Å². The third-order valence-corrected chi connectivity index (χ3v) is 7.89. The molecule has 3 aromatic rings. The lowest BCUT2D eigenvalue weighted by Crippen LogP contribution is -2.52. The molecule has 0 unspecified atom stereocenters. The molecule has 3 aromatic carbocycles. The molecule has 1 heterocycles. The van der Waals surface area contributed by atoms with Crippen molar-refractivity contribution in [2.24, 2.45) is 0 Å². The first kappa shape index (κ1) is 24.6. The minimum absolute atomic E-state index is 0.0962. The van der Waals surface area contributed by atoms with E-state index in [1.807, 2.05) is 60.7 Å². The summed E-state index contributed by atoms with van der Waals surface area (Å²) in [5.41, 5.74) is 2.04. The number of anilines is 1. The molecule has 1 aliphatic heterocycles. The average Bonchev–Trinajstić information content (AvgIpc) is 2.86. The zero-order valence-electron chi connectivity index (χ0n) is 18.6. The highest BCUT2D eigenvalue weighted by atomic mass is 35.5. The van der Waals surface area contributed by atoms with E-state index in [0.29, 0.717) is 10.1 Å². The van der Waals surface area contributed by atoms with Crippen LogP contribution in [0.3, 0.4) is 0 Å². The van der Waals surface area contributed by atoms with E-state index in [1.54, 1.807) is 12.1 Å². The topological polar surface area (TPSA) is 64.7 Å². The maximum Gasteiger partial charge on any atom is 0.240 e. The Hall–Kier alpha value is -2.49. The van der Waals surface area contributed by atoms with E-state index in [1.165, 1.54) is 12.1 Å². The number of para-hydroxylation sites is 1. The number of nitrogens with one attached hydrogen (secondary N) is 2. The molecule has 1 fully saturated rings. The number of halogens is 1. The van der Waals surface area contributed by atoms with Crippen molar-refractivity contribution in [1.82, 2.24) is 14.5 Å². The first-order valence-electron chi connectivity index (χ1n) is 11.1. The summed E-state index contributed by atoms with van der Waals surface area (Å²) in [4.78, 5) is 4.66. The second-order valence-corrected chi connectivity index (χ2v) is 10.6. The third-order valence-electron chi connectivity index (χ3n) is 5.84. The number of sulfonamides is 1. The third kappa shape index (κ3) is 6.34. The van der Waals surface area contributed by atoms with Crippen LogP contribution in [0.5, 0.6) is 0 Å². The molecule has 6 nitrogen and oxygen atoms in total. The number of benzene rings is 3. The number of piperazine rings is 1. The van der Waals surface area contributed by atoms with Gasteiger partial charge in [-0.3, -0.25) is 4.90 Å². The fourth-order valence-electron chi connectivity index (χ4n) is 3.98. The molecule has 1 saturated heterocycles. The van der Waals surface area contributed by atoms with Crippen molar-refractivity contribution >= 4 is 44.6 Å². The quantitative estimate of drug-likeness (QED) is 0.456. The number of hydrogen-bond acceptors (Lipinski definition) is 4. The molecule has 34 heavy (non-hydrogen) atoms. The first-order chi connectivity index (χ1) is 16.4. The molecule has 1 aliphatic rings. The van der Waals surface area contributed by atoms with Gasteiger partial charge in [0, 0.05) is 49.5 Å². The largest absolute Gasteiger partial charge is 0.346 e. The smallest absolute Gasteiger partial charge is 0.240 e. The summed E-state index contributed by atoms with van der Waals surface area (Å²) in [5, 5.41) is 4.49. The number of hydrogen-bond donors (Lipinski definition) is 2. The highest BCUT2D eigenvalue weighted by Crippen LogP contribution is 2.23. The first-order valence-corrected chi connectivity index (χ1v) is 13.3. The lowest BCUT2D eigenvalue weighted by molar-refractivity contribution is 0.134. The van der Waals surface area contributed by atoms with Gasteiger partial charge in [-0.25, -0.2) is 13.1 Å². The molecule has 0 saturated carbocycles. The van der Waals surface area contributed by atoms with Crippen molar-refractivity contribution in [1.29, 1.82) is 0 Å². The van der Waals surface area contributed by atoms with Crippen molar-refractivity contribution in [3.63, 3.8) is 0 Å². The Balaban J connectivity index is 1.42. The predicted molar refractivity (Wildman–Crippen MR) is 142 cm³/mol. The molecular formula is C25H27ClN4O2S2. The Morgan fingerprint density at radius 1 is 0.882 bits per heavy atom. The van der Waals surface area contributed by atoms with Gasteiger partial charge in [0.05, 0.1) is 4.90 Å². The van der Waals surface area contributed by atoms with E-state index < -0.39 is 10.0 Å². The van der Waals surface area contributed by atoms with E-state index in [4.69, 9.17) is 23.8 Å². The second kappa shape index (κ2) is 11.3. The molecule has 0 radical (unpaired) electrons. The zero-order chi connectivity index (χ0) is 24.0. The molecule has 0 aliphatic carbocycles. The van der Waals surface area contributed by atoms with Crippen LogP contribution in [0.2, 0.25) is 5.02 Å². The SMILES string of the molecule is O=S(=O)(NC[C@H](c1ccccc1)N1CCN(C(=S)Nc2ccccc2)CC1)c1ccc(Cl)cc1. The van der Waals surface area contributed by atoms with Gasteiger partial charge in [-0.15, -0.1) is 0 Å². The fourth-order valence-corrected chi connectivity index (χ4v) is 5.44. The number of thiocarbonyl (C=S) groups is 1. The summed E-state index contributed by atoms with van der Waals surface area (Å²) in [6, 6.07) is 26.0. The monoisotopic (exact) mass is 514 g/mol. The van der Waals surface area contributed by atoms with Gasteiger partial charge in [-0.2, -0.15) is 0 Å². The maximum absolute atomic E-state index is 12.9. The lowest BCUT2D eigenvalue weighted by Gasteiger charge is -2.40. The molecule has 0 amide bonds. The van der Waals surface area contributed by atoms with Crippen LogP contribution in [-0.4, -0.2) is 56.1 Å². The van der Waals surface area contributed by atoms with Crippen LogP contribution >= 0.6 is 23.8 Å². The molecule has 1 atom stereocenters. The molecule has 4 rings (SSSR count). The van der Waals surface area contributed by atoms with Crippen LogP contribution in [0.15, 0.2) is 89.8 Å². The Kier molecular flexibility index (Phi) is 8.18. The molecule has 178 valence electrons. The van der Waals surface area contributed by atoms with Gasteiger partial charge in [0.25, 0.3) is 0 Å². The second-order valence-electron chi connectivity index (χ2n) is 8.05. The minimum Gasteiger partial charge on any atom is -0.346 e. The van der Waals surface area contributed by atoms with Crippen LogP contribution in [0.4, 0.5) is 5.69 Å². The van der Waals surface area contributed by atoms with Crippen molar-refractivity contribution in [3.05, 3.63) is 95.5 Å². The number of rotatable bonds is 7. The Bertz CT molecular complexity index is 1180.